The first-order chi connectivity index (χ1) is 9.63. The van der Waals surface area contributed by atoms with Crippen molar-refractivity contribution in [3.63, 3.8) is 0 Å². The predicted octanol–water partition coefficient (Wildman–Crippen LogP) is 1.33. The van der Waals surface area contributed by atoms with Crippen molar-refractivity contribution in [3.05, 3.63) is 35.4 Å². The van der Waals surface area contributed by atoms with Crippen LogP contribution >= 0.6 is 0 Å². The molecule has 0 radical (unpaired) electrons. The number of rotatable bonds is 2. The van der Waals surface area contributed by atoms with E-state index in [0.29, 0.717) is 12.2 Å². The molecule has 1 aliphatic rings. The molecule has 0 aliphatic carbocycles. The van der Waals surface area contributed by atoms with Crippen molar-refractivity contribution in [1.29, 1.82) is 0 Å². The fraction of sp³-hybridized carbons (Fsp3) is 0.438. The van der Waals surface area contributed by atoms with Crippen molar-refractivity contribution in [1.82, 2.24) is 5.32 Å². The highest BCUT2D eigenvalue weighted by Gasteiger charge is 2.29. The van der Waals surface area contributed by atoms with Gasteiger partial charge in [0, 0.05) is 17.7 Å². The summed E-state index contributed by atoms with van der Waals surface area (Å²) in [7, 11) is 0. The second-order valence-corrected chi connectivity index (χ2v) is 5.21. The van der Waals surface area contributed by atoms with Gasteiger partial charge < -0.3 is 15.2 Å². The van der Waals surface area contributed by atoms with E-state index in [1.54, 1.807) is 18.2 Å². The van der Waals surface area contributed by atoms with Crippen molar-refractivity contribution >= 4 is 5.91 Å². The van der Waals surface area contributed by atoms with Crippen LogP contribution in [0, 0.1) is 11.8 Å². The van der Waals surface area contributed by atoms with E-state index in [2.05, 4.69) is 17.2 Å². The maximum atomic E-state index is 12.3. The van der Waals surface area contributed by atoms with Gasteiger partial charge in [0.25, 0.3) is 5.91 Å². The zero-order valence-electron chi connectivity index (χ0n) is 11.6. The summed E-state index contributed by atoms with van der Waals surface area (Å²) in [5.41, 5.74) is 0.987. The molecular formula is C16H19NO3. The van der Waals surface area contributed by atoms with Crippen molar-refractivity contribution in [2.24, 2.45) is 0 Å². The Morgan fingerprint density at radius 1 is 1.55 bits per heavy atom. The number of carbonyl (C=O) groups excluding carboxylic acids is 1. The minimum atomic E-state index is -0.303. The highest BCUT2D eigenvalue weighted by Crippen LogP contribution is 2.19. The number of nitrogens with one attached hydrogen (secondary N) is 1. The normalized spacial score (nSPS) is 21.7. The van der Waals surface area contributed by atoms with Crippen LogP contribution in [-0.4, -0.2) is 36.4 Å². The Morgan fingerprint density at radius 2 is 2.40 bits per heavy atom. The summed E-state index contributed by atoms with van der Waals surface area (Å²) in [6.07, 6.45) is 1.88. The van der Waals surface area contributed by atoms with Crippen LogP contribution in [0.3, 0.4) is 0 Å². The van der Waals surface area contributed by atoms with Crippen LogP contribution in [0.1, 0.15) is 35.7 Å². The molecule has 0 bridgehead atoms. The summed E-state index contributed by atoms with van der Waals surface area (Å²) < 4.78 is 5.43. The molecule has 1 heterocycles. The van der Waals surface area contributed by atoms with E-state index in [1.807, 2.05) is 13.0 Å². The lowest BCUT2D eigenvalue weighted by Crippen LogP contribution is -2.51. The highest BCUT2D eigenvalue weighted by atomic mass is 16.5. The largest absolute Gasteiger partial charge is 0.384 e. The molecule has 106 valence electrons. The van der Waals surface area contributed by atoms with Crippen LogP contribution in [0.5, 0.6) is 0 Å². The Bertz CT molecular complexity index is 536. The standard InChI is InChI=1S/C16H19NO3/c1-16(8-4-10-20-12-16)17-15(19)14-7-2-5-13(11-14)6-3-9-18/h2,5,7,11,18H,4,8-10,12H2,1H3,(H,17,19). The number of hydrogen-bond acceptors (Lipinski definition) is 3. The molecule has 0 spiro atoms. The van der Waals surface area contributed by atoms with Gasteiger partial charge in [-0.05, 0) is 38.0 Å². The summed E-state index contributed by atoms with van der Waals surface area (Å²) in [6.45, 7) is 3.12. The van der Waals surface area contributed by atoms with E-state index in [4.69, 9.17) is 9.84 Å². The Kier molecular flexibility index (Phi) is 4.78. The molecule has 20 heavy (non-hydrogen) atoms. The molecule has 0 aromatic heterocycles. The van der Waals surface area contributed by atoms with Gasteiger partial charge in [-0.25, -0.2) is 0 Å². The van der Waals surface area contributed by atoms with E-state index < -0.39 is 0 Å². The predicted molar refractivity (Wildman–Crippen MR) is 76.3 cm³/mol. The van der Waals surface area contributed by atoms with Crippen LogP contribution < -0.4 is 5.32 Å². The molecule has 1 aromatic rings. The fourth-order valence-electron chi connectivity index (χ4n) is 2.26. The van der Waals surface area contributed by atoms with Gasteiger partial charge in [-0.1, -0.05) is 17.9 Å². The minimum Gasteiger partial charge on any atom is -0.384 e. The van der Waals surface area contributed by atoms with Crippen molar-refractivity contribution in [3.8, 4) is 11.8 Å². The molecule has 0 saturated carbocycles. The van der Waals surface area contributed by atoms with Crippen LogP contribution in [0.2, 0.25) is 0 Å². The number of aliphatic hydroxyl groups is 1. The number of aliphatic hydroxyl groups excluding tert-OH is 1. The Hall–Kier alpha value is -1.83. The van der Waals surface area contributed by atoms with Gasteiger partial charge in [0.2, 0.25) is 0 Å². The first-order valence-electron chi connectivity index (χ1n) is 6.73. The number of ether oxygens (including phenoxy) is 1. The summed E-state index contributed by atoms with van der Waals surface area (Å²) in [5.74, 6) is 5.25. The average Bonchev–Trinajstić information content (AvgIpc) is 2.45. The van der Waals surface area contributed by atoms with Crippen LogP contribution in [0.25, 0.3) is 0 Å². The maximum absolute atomic E-state index is 12.3. The summed E-state index contributed by atoms with van der Waals surface area (Å²) in [5, 5.41) is 11.7. The third kappa shape index (κ3) is 3.83. The zero-order chi connectivity index (χ0) is 14.4. The maximum Gasteiger partial charge on any atom is 0.251 e. The minimum absolute atomic E-state index is 0.120. The van der Waals surface area contributed by atoms with Crippen LogP contribution in [0.15, 0.2) is 24.3 Å². The van der Waals surface area contributed by atoms with E-state index in [-0.39, 0.29) is 18.1 Å². The zero-order valence-corrected chi connectivity index (χ0v) is 11.6. The van der Waals surface area contributed by atoms with Gasteiger partial charge in [-0.2, -0.15) is 0 Å². The SMILES string of the molecule is CC1(NC(=O)c2cccc(C#CCO)c2)CCCOC1. The lowest BCUT2D eigenvalue weighted by atomic mass is 9.94. The smallest absolute Gasteiger partial charge is 0.251 e. The fourth-order valence-corrected chi connectivity index (χ4v) is 2.26. The molecule has 1 aliphatic heterocycles. The van der Waals surface area contributed by atoms with Crippen molar-refractivity contribution < 1.29 is 14.6 Å². The molecule has 1 atom stereocenters. The third-order valence-corrected chi connectivity index (χ3v) is 3.29. The van der Waals surface area contributed by atoms with Gasteiger partial charge >= 0.3 is 0 Å². The van der Waals surface area contributed by atoms with E-state index in [9.17, 15) is 4.79 Å². The van der Waals surface area contributed by atoms with E-state index in [1.165, 1.54) is 0 Å². The molecule has 2 N–H and O–H groups in total. The number of amides is 1. The molecular weight excluding hydrogens is 254 g/mol. The van der Waals surface area contributed by atoms with Gasteiger partial charge in [-0.3, -0.25) is 4.79 Å². The number of carbonyl (C=O) groups is 1. The van der Waals surface area contributed by atoms with Gasteiger partial charge in [-0.15, -0.1) is 0 Å². The topological polar surface area (TPSA) is 58.6 Å². The monoisotopic (exact) mass is 273 g/mol. The summed E-state index contributed by atoms with van der Waals surface area (Å²) in [4.78, 5) is 12.3. The second-order valence-electron chi connectivity index (χ2n) is 5.21. The Balaban J connectivity index is 2.08. The number of hydrogen-bond donors (Lipinski definition) is 2. The van der Waals surface area contributed by atoms with Crippen LogP contribution in [-0.2, 0) is 4.74 Å². The van der Waals surface area contributed by atoms with E-state index in [0.717, 1.165) is 25.0 Å². The van der Waals surface area contributed by atoms with Gasteiger partial charge in [0.05, 0.1) is 12.1 Å². The van der Waals surface area contributed by atoms with Crippen molar-refractivity contribution in [2.45, 2.75) is 25.3 Å². The molecule has 2 rings (SSSR count). The molecule has 1 amide bonds. The Labute approximate surface area is 119 Å². The van der Waals surface area contributed by atoms with E-state index >= 15 is 0 Å². The lowest BCUT2D eigenvalue weighted by molar-refractivity contribution is 0.0272. The molecule has 1 fully saturated rings. The van der Waals surface area contributed by atoms with Gasteiger partial charge in [0.15, 0.2) is 0 Å². The summed E-state index contributed by atoms with van der Waals surface area (Å²) in [6, 6.07) is 7.08. The van der Waals surface area contributed by atoms with Crippen molar-refractivity contribution in [2.75, 3.05) is 19.8 Å². The molecule has 4 nitrogen and oxygen atoms in total. The second kappa shape index (κ2) is 6.56. The molecule has 1 saturated heterocycles. The number of benzene rings is 1. The first-order valence-corrected chi connectivity index (χ1v) is 6.73. The molecule has 1 unspecified atom stereocenters. The average molecular weight is 273 g/mol. The quantitative estimate of drug-likeness (QED) is 0.799. The van der Waals surface area contributed by atoms with Crippen LogP contribution in [0.4, 0.5) is 0 Å². The first kappa shape index (κ1) is 14.6. The molecule has 4 heteroatoms. The highest BCUT2D eigenvalue weighted by molar-refractivity contribution is 5.95. The third-order valence-electron chi connectivity index (χ3n) is 3.29. The summed E-state index contributed by atoms with van der Waals surface area (Å²) >= 11 is 0. The lowest BCUT2D eigenvalue weighted by Gasteiger charge is -2.34. The Morgan fingerprint density at radius 3 is 3.10 bits per heavy atom. The molecule has 1 aromatic carbocycles. The van der Waals surface area contributed by atoms with Gasteiger partial charge in [0.1, 0.15) is 6.61 Å².